The third kappa shape index (κ3) is 3.94. The molecule has 3 aromatic rings. The number of aromatic nitrogens is 3. The summed E-state index contributed by atoms with van der Waals surface area (Å²) in [6.45, 7) is -0.584. The summed E-state index contributed by atoms with van der Waals surface area (Å²) in [7, 11) is 0. The van der Waals surface area contributed by atoms with Gasteiger partial charge in [-0.2, -0.15) is 4.68 Å². The van der Waals surface area contributed by atoms with Crippen LogP contribution in [0, 0.1) is 10.1 Å². The molecule has 1 aromatic heterocycles. The summed E-state index contributed by atoms with van der Waals surface area (Å²) in [6, 6.07) is 10.2. The SMILES string of the molecule is O=C(OCn1nnc2ccccc2c1=O)c1cc([N+](=O)[O-])ccc1NCCO. The first-order chi connectivity index (χ1) is 13.5. The molecule has 144 valence electrons. The molecule has 0 amide bonds. The first-order valence-corrected chi connectivity index (χ1v) is 8.14. The molecule has 11 heteroatoms. The van der Waals surface area contributed by atoms with Gasteiger partial charge in [-0.05, 0) is 18.2 Å². The number of fused-ring (bicyclic) bond motifs is 1. The smallest absolute Gasteiger partial charge is 0.342 e. The Balaban J connectivity index is 1.84. The van der Waals surface area contributed by atoms with Crippen molar-refractivity contribution in [3.05, 3.63) is 68.5 Å². The Morgan fingerprint density at radius 2 is 2.07 bits per heavy atom. The van der Waals surface area contributed by atoms with Crippen LogP contribution in [0.1, 0.15) is 10.4 Å². The number of aliphatic hydroxyl groups excluding tert-OH is 1. The topological polar surface area (TPSA) is 149 Å². The van der Waals surface area contributed by atoms with E-state index in [1.54, 1.807) is 24.3 Å². The van der Waals surface area contributed by atoms with Gasteiger partial charge in [-0.1, -0.05) is 17.3 Å². The quantitative estimate of drug-likeness (QED) is 0.344. The standard InChI is InChI=1S/C17H15N5O6/c23-8-7-18-14-6-5-11(22(26)27)9-13(14)17(25)28-10-21-16(24)12-3-1-2-4-15(12)19-20-21/h1-6,9,18,23H,7-8,10H2. The number of hydrogen-bond donors (Lipinski definition) is 2. The molecule has 0 aliphatic heterocycles. The average molecular weight is 385 g/mol. The number of nitro benzene ring substituents is 1. The Morgan fingerprint density at radius 1 is 1.29 bits per heavy atom. The van der Waals surface area contributed by atoms with E-state index >= 15 is 0 Å². The predicted octanol–water partition coefficient (Wildman–Crippen LogP) is 0.918. The molecule has 0 radical (unpaired) electrons. The Kier molecular flexibility index (Phi) is 5.56. The molecule has 0 unspecified atom stereocenters. The van der Waals surface area contributed by atoms with Crippen LogP contribution in [-0.4, -0.2) is 44.1 Å². The van der Waals surface area contributed by atoms with E-state index in [4.69, 9.17) is 9.84 Å². The van der Waals surface area contributed by atoms with Crippen molar-refractivity contribution < 1.29 is 19.6 Å². The predicted molar refractivity (Wildman–Crippen MR) is 97.9 cm³/mol. The van der Waals surface area contributed by atoms with Crippen LogP contribution in [0.3, 0.4) is 0 Å². The number of aliphatic hydroxyl groups is 1. The maximum Gasteiger partial charge on any atom is 0.342 e. The van der Waals surface area contributed by atoms with Crippen molar-refractivity contribution in [3.8, 4) is 0 Å². The zero-order chi connectivity index (χ0) is 20.1. The second-order valence-corrected chi connectivity index (χ2v) is 5.61. The second kappa shape index (κ2) is 8.22. The number of nitrogens with one attached hydrogen (secondary N) is 1. The van der Waals surface area contributed by atoms with E-state index in [1.165, 1.54) is 12.1 Å². The molecule has 0 aliphatic carbocycles. The molecule has 11 nitrogen and oxygen atoms in total. The van der Waals surface area contributed by atoms with Gasteiger partial charge in [0.1, 0.15) is 5.52 Å². The number of non-ortho nitro benzene ring substituents is 1. The molecule has 0 bridgehead atoms. The zero-order valence-corrected chi connectivity index (χ0v) is 14.4. The highest BCUT2D eigenvalue weighted by atomic mass is 16.6. The van der Waals surface area contributed by atoms with Gasteiger partial charge in [-0.25, -0.2) is 4.79 Å². The van der Waals surface area contributed by atoms with E-state index in [0.29, 0.717) is 10.9 Å². The molecular weight excluding hydrogens is 370 g/mol. The minimum absolute atomic E-state index is 0.107. The summed E-state index contributed by atoms with van der Waals surface area (Å²) in [4.78, 5) is 35.1. The first kappa shape index (κ1) is 18.9. The number of esters is 1. The molecule has 2 N–H and O–H groups in total. The van der Waals surface area contributed by atoms with Gasteiger partial charge in [0.2, 0.25) is 0 Å². The van der Waals surface area contributed by atoms with Gasteiger partial charge in [0.25, 0.3) is 11.2 Å². The third-order valence-electron chi connectivity index (χ3n) is 3.81. The molecule has 2 aromatic carbocycles. The van der Waals surface area contributed by atoms with Crippen molar-refractivity contribution in [3.63, 3.8) is 0 Å². The maximum absolute atomic E-state index is 12.4. The van der Waals surface area contributed by atoms with E-state index in [9.17, 15) is 19.7 Å². The molecule has 0 fully saturated rings. The lowest BCUT2D eigenvalue weighted by Crippen LogP contribution is -2.26. The van der Waals surface area contributed by atoms with Crippen LogP contribution in [0.2, 0.25) is 0 Å². The van der Waals surface area contributed by atoms with Crippen LogP contribution in [0.25, 0.3) is 10.9 Å². The van der Waals surface area contributed by atoms with Crippen molar-refractivity contribution in [2.75, 3.05) is 18.5 Å². The minimum atomic E-state index is -0.897. The summed E-state index contributed by atoms with van der Waals surface area (Å²) in [6.07, 6.45) is 0. The maximum atomic E-state index is 12.4. The highest BCUT2D eigenvalue weighted by Gasteiger charge is 2.18. The molecule has 1 heterocycles. The number of carbonyl (C=O) groups excluding carboxylic acids is 1. The Bertz CT molecular complexity index is 1100. The molecule has 0 saturated carbocycles. The molecule has 28 heavy (non-hydrogen) atoms. The van der Waals surface area contributed by atoms with Gasteiger partial charge in [0.15, 0.2) is 6.73 Å². The van der Waals surface area contributed by atoms with Crippen molar-refractivity contribution in [2.24, 2.45) is 0 Å². The highest BCUT2D eigenvalue weighted by molar-refractivity contribution is 5.96. The van der Waals surface area contributed by atoms with Crippen molar-refractivity contribution >= 4 is 28.2 Å². The van der Waals surface area contributed by atoms with Crippen LogP contribution in [-0.2, 0) is 11.5 Å². The van der Waals surface area contributed by atoms with Crippen LogP contribution in [0.15, 0.2) is 47.3 Å². The summed E-state index contributed by atoms with van der Waals surface area (Å²) in [5.74, 6) is -0.897. The normalized spacial score (nSPS) is 10.6. The lowest BCUT2D eigenvalue weighted by molar-refractivity contribution is -0.384. The largest absolute Gasteiger partial charge is 0.438 e. The Hall–Kier alpha value is -3.86. The van der Waals surface area contributed by atoms with Gasteiger partial charge < -0.3 is 15.2 Å². The van der Waals surface area contributed by atoms with Gasteiger partial charge >= 0.3 is 5.97 Å². The minimum Gasteiger partial charge on any atom is -0.438 e. The van der Waals surface area contributed by atoms with Crippen molar-refractivity contribution in [1.29, 1.82) is 0 Å². The number of benzene rings is 2. The number of rotatable bonds is 7. The summed E-state index contributed by atoms with van der Waals surface area (Å²) >= 11 is 0. The number of carbonyl (C=O) groups is 1. The number of hydrogen-bond acceptors (Lipinski definition) is 9. The van der Waals surface area contributed by atoms with Gasteiger partial charge in [-0.3, -0.25) is 14.9 Å². The third-order valence-corrected chi connectivity index (χ3v) is 3.81. The average Bonchev–Trinajstić information content (AvgIpc) is 2.71. The number of nitrogens with zero attached hydrogens (tertiary/aromatic N) is 4. The number of ether oxygens (including phenoxy) is 1. The molecule has 0 aliphatic rings. The Labute approximate surface area is 157 Å². The summed E-state index contributed by atoms with van der Waals surface area (Å²) in [5.41, 5.74) is -0.240. The fraction of sp³-hybridized carbons (Fsp3) is 0.176. The van der Waals surface area contributed by atoms with Crippen LogP contribution >= 0.6 is 0 Å². The number of nitro groups is 1. The van der Waals surface area contributed by atoms with E-state index < -0.39 is 23.2 Å². The van der Waals surface area contributed by atoms with Crippen molar-refractivity contribution in [2.45, 2.75) is 6.73 Å². The monoisotopic (exact) mass is 385 g/mol. The summed E-state index contributed by atoms with van der Waals surface area (Å²) in [5, 5.41) is 30.6. The van der Waals surface area contributed by atoms with Gasteiger partial charge in [-0.15, -0.1) is 5.10 Å². The fourth-order valence-electron chi connectivity index (χ4n) is 2.46. The van der Waals surface area contributed by atoms with E-state index in [0.717, 1.165) is 10.7 Å². The van der Waals surface area contributed by atoms with Crippen LogP contribution in [0.4, 0.5) is 11.4 Å². The second-order valence-electron chi connectivity index (χ2n) is 5.61. The van der Waals surface area contributed by atoms with Crippen LogP contribution < -0.4 is 10.9 Å². The number of anilines is 1. The lowest BCUT2D eigenvalue weighted by atomic mass is 10.1. The van der Waals surface area contributed by atoms with E-state index in [2.05, 4.69) is 15.6 Å². The van der Waals surface area contributed by atoms with Gasteiger partial charge in [0, 0.05) is 24.4 Å². The highest BCUT2D eigenvalue weighted by Crippen LogP contribution is 2.23. The molecule has 0 spiro atoms. The van der Waals surface area contributed by atoms with E-state index in [1.807, 2.05) is 0 Å². The molecule has 0 atom stereocenters. The Morgan fingerprint density at radius 3 is 2.82 bits per heavy atom. The fourth-order valence-corrected chi connectivity index (χ4v) is 2.46. The van der Waals surface area contributed by atoms with E-state index in [-0.39, 0.29) is 30.1 Å². The molecular formula is C17H15N5O6. The lowest BCUT2D eigenvalue weighted by Gasteiger charge is -2.11. The van der Waals surface area contributed by atoms with Gasteiger partial charge in [0.05, 0.1) is 22.5 Å². The van der Waals surface area contributed by atoms with Crippen molar-refractivity contribution in [1.82, 2.24) is 15.0 Å². The summed E-state index contributed by atoms with van der Waals surface area (Å²) < 4.78 is 5.97. The molecule has 0 saturated heterocycles. The first-order valence-electron chi connectivity index (χ1n) is 8.14. The van der Waals surface area contributed by atoms with Crippen LogP contribution in [0.5, 0.6) is 0 Å². The zero-order valence-electron chi connectivity index (χ0n) is 14.4. The molecule has 3 rings (SSSR count).